The lowest BCUT2D eigenvalue weighted by Crippen LogP contribution is -2.45. The number of nitrogens with two attached hydrogens (primary N) is 1. The lowest BCUT2D eigenvalue weighted by atomic mass is 10.1. The molecule has 10 nitrogen and oxygen atoms in total. The zero-order valence-corrected chi connectivity index (χ0v) is 15.8. The van der Waals surface area contributed by atoms with Crippen LogP contribution in [-0.4, -0.2) is 45.6 Å². The third kappa shape index (κ3) is 5.70. The molecule has 1 atom stereocenters. The second-order valence-electron chi connectivity index (χ2n) is 6.96. The van der Waals surface area contributed by atoms with Crippen molar-refractivity contribution in [1.29, 1.82) is 5.26 Å². The lowest BCUT2D eigenvalue weighted by Gasteiger charge is -2.22. The van der Waals surface area contributed by atoms with E-state index in [0.29, 0.717) is 11.2 Å². The highest BCUT2D eigenvalue weighted by Gasteiger charge is 2.26. The van der Waals surface area contributed by atoms with Gasteiger partial charge in [0.1, 0.15) is 29.1 Å². The maximum Gasteiger partial charge on any atom is 0.408 e. The molecular weight excluding hydrogens is 366 g/mol. The van der Waals surface area contributed by atoms with Crippen molar-refractivity contribution < 1.29 is 23.9 Å². The van der Waals surface area contributed by atoms with Crippen molar-refractivity contribution in [2.45, 2.75) is 38.8 Å². The average Bonchev–Trinajstić information content (AvgIpc) is 3.01. The normalized spacial score (nSPS) is 12.1. The van der Waals surface area contributed by atoms with Crippen molar-refractivity contribution in [2.24, 2.45) is 5.73 Å². The topological polar surface area (TPSA) is 149 Å². The summed E-state index contributed by atoms with van der Waals surface area (Å²) in [5, 5.41) is 11.1. The first kappa shape index (κ1) is 20.7. The quantitative estimate of drug-likeness (QED) is 0.700. The maximum absolute atomic E-state index is 12.2. The Bertz CT molecular complexity index is 938. The first-order valence-corrected chi connectivity index (χ1v) is 8.39. The molecule has 2 rings (SSSR count). The smallest absolute Gasteiger partial charge is 0.408 e. The number of nitriles is 1. The van der Waals surface area contributed by atoms with E-state index in [2.05, 4.69) is 10.3 Å². The summed E-state index contributed by atoms with van der Waals surface area (Å²) in [5.41, 5.74) is 5.74. The second-order valence-corrected chi connectivity index (χ2v) is 6.96. The maximum atomic E-state index is 12.2. The summed E-state index contributed by atoms with van der Waals surface area (Å²) in [6.45, 7) is 4.64. The number of rotatable bonds is 6. The molecule has 2 aromatic rings. The van der Waals surface area contributed by atoms with E-state index in [9.17, 15) is 14.4 Å². The molecule has 10 heteroatoms. The summed E-state index contributed by atoms with van der Waals surface area (Å²) >= 11 is 0. The number of nitrogens with one attached hydrogen (secondary N) is 1. The van der Waals surface area contributed by atoms with E-state index in [0.717, 1.165) is 0 Å². The minimum Gasteiger partial charge on any atom is -0.449 e. The van der Waals surface area contributed by atoms with Gasteiger partial charge in [0.2, 0.25) is 0 Å². The van der Waals surface area contributed by atoms with Crippen LogP contribution in [-0.2, 0) is 20.7 Å². The van der Waals surface area contributed by atoms with Gasteiger partial charge in [0.15, 0.2) is 6.61 Å². The number of imidazole rings is 1. The number of alkyl carbamates (subject to hydrolysis) is 1. The fourth-order valence-corrected chi connectivity index (χ4v) is 2.36. The van der Waals surface area contributed by atoms with E-state index in [-0.39, 0.29) is 12.1 Å². The number of hydrogen-bond acceptors (Lipinski definition) is 7. The molecule has 0 saturated heterocycles. The van der Waals surface area contributed by atoms with Crippen molar-refractivity contribution in [3.63, 3.8) is 0 Å². The van der Waals surface area contributed by atoms with Crippen LogP contribution in [0.25, 0.3) is 5.65 Å². The lowest BCUT2D eigenvalue weighted by molar-refractivity contribution is -0.144. The Morgan fingerprint density at radius 2 is 2.04 bits per heavy atom. The molecule has 148 valence electrons. The number of aromatic nitrogens is 2. The molecule has 0 aromatic carbocycles. The van der Waals surface area contributed by atoms with Gasteiger partial charge < -0.3 is 24.9 Å². The molecule has 0 unspecified atom stereocenters. The largest absolute Gasteiger partial charge is 0.449 e. The zero-order chi connectivity index (χ0) is 20.9. The average molecular weight is 387 g/mol. The fourth-order valence-electron chi connectivity index (χ4n) is 2.36. The van der Waals surface area contributed by atoms with Gasteiger partial charge in [-0.15, -0.1) is 0 Å². The van der Waals surface area contributed by atoms with Gasteiger partial charge in [0.25, 0.3) is 5.91 Å². The molecule has 0 aliphatic carbocycles. The zero-order valence-electron chi connectivity index (χ0n) is 15.8. The fraction of sp³-hybridized carbons (Fsp3) is 0.389. The molecule has 0 fully saturated rings. The number of carbonyl (C=O) groups is 3. The van der Waals surface area contributed by atoms with Crippen LogP contribution in [0, 0.1) is 11.3 Å². The summed E-state index contributed by atoms with van der Waals surface area (Å²) in [5.74, 6) is -1.43. The van der Waals surface area contributed by atoms with E-state index >= 15 is 0 Å². The van der Waals surface area contributed by atoms with Crippen molar-refractivity contribution in [3.05, 3.63) is 35.8 Å². The number of hydrogen-bond donors (Lipinski definition) is 2. The Labute approximate surface area is 161 Å². The van der Waals surface area contributed by atoms with Crippen molar-refractivity contribution in [1.82, 2.24) is 14.7 Å². The molecule has 2 heterocycles. The Morgan fingerprint density at radius 3 is 2.64 bits per heavy atom. The number of nitrogens with zero attached hydrogens (tertiary/aromatic N) is 3. The monoisotopic (exact) mass is 387 g/mol. The van der Waals surface area contributed by atoms with Gasteiger partial charge in [-0.1, -0.05) is 6.07 Å². The van der Waals surface area contributed by atoms with Crippen LogP contribution in [0.3, 0.4) is 0 Å². The van der Waals surface area contributed by atoms with Crippen LogP contribution >= 0.6 is 0 Å². The molecule has 2 aromatic heterocycles. The van der Waals surface area contributed by atoms with Crippen molar-refractivity contribution in [3.8, 4) is 6.07 Å². The summed E-state index contributed by atoms with van der Waals surface area (Å²) in [6.07, 6.45) is 2.40. The summed E-state index contributed by atoms with van der Waals surface area (Å²) in [6, 6.07) is 3.97. The van der Waals surface area contributed by atoms with E-state index in [1.807, 2.05) is 0 Å². The van der Waals surface area contributed by atoms with Crippen LogP contribution in [0.1, 0.15) is 36.8 Å². The van der Waals surface area contributed by atoms with Gasteiger partial charge in [-0.05, 0) is 32.4 Å². The van der Waals surface area contributed by atoms with E-state index in [1.54, 1.807) is 49.6 Å². The molecular formula is C18H21N5O5. The van der Waals surface area contributed by atoms with Crippen LogP contribution < -0.4 is 11.1 Å². The Morgan fingerprint density at radius 1 is 1.32 bits per heavy atom. The molecule has 28 heavy (non-hydrogen) atoms. The van der Waals surface area contributed by atoms with Gasteiger partial charge in [-0.3, -0.25) is 4.79 Å². The minimum atomic E-state index is -1.07. The molecule has 0 aliphatic heterocycles. The number of pyridine rings is 1. The number of primary amides is 1. The molecule has 0 aliphatic rings. The molecule has 0 saturated carbocycles. The molecule has 2 amide bonds. The first-order valence-electron chi connectivity index (χ1n) is 8.39. The predicted octanol–water partition coefficient (Wildman–Crippen LogP) is 0.936. The van der Waals surface area contributed by atoms with E-state index < -0.39 is 36.2 Å². The van der Waals surface area contributed by atoms with Gasteiger partial charge in [-0.2, -0.15) is 5.26 Å². The molecule has 3 N–H and O–H groups in total. The Kier molecular flexibility index (Phi) is 6.20. The highest BCUT2D eigenvalue weighted by atomic mass is 16.6. The second kappa shape index (κ2) is 8.39. The van der Waals surface area contributed by atoms with Crippen LogP contribution in [0.2, 0.25) is 0 Å². The number of fused-ring (bicyclic) bond motifs is 1. The first-order chi connectivity index (χ1) is 13.1. The third-order valence-electron chi connectivity index (χ3n) is 3.46. The standard InChI is InChI=1S/C18H21N5O5/c1-18(2,3)28-17(26)22-12(16(25)27-7-6-19)8-11-4-5-14-21-13(15(20)24)10-23(14)9-11/h4-5,9-10,12H,7-8H2,1-3H3,(H2,20,24)(H,22,26)/t12-/m0/s1. The number of amides is 2. The van der Waals surface area contributed by atoms with Gasteiger partial charge in [0, 0.05) is 18.8 Å². The highest BCUT2D eigenvalue weighted by Crippen LogP contribution is 2.12. The summed E-state index contributed by atoms with van der Waals surface area (Å²) in [7, 11) is 0. The Hall–Kier alpha value is -3.61. The molecule has 0 bridgehead atoms. The Balaban J connectivity index is 2.21. The number of carbonyl (C=O) groups excluding carboxylic acids is 3. The number of esters is 1. The highest BCUT2D eigenvalue weighted by molar-refractivity contribution is 5.91. The van der Waals surface area contributed by atoms with E-state index in [1.165, 1.54) is 6.20 Å². The summed E-state index contributed by atoms with van der Waals surface area (Å²) < 4.78 is 11.6. The minimum absolute atomic E-state index is 0.0729. The van der Waals surface area contributed by atoms with E-state index in [4.69, 9.17) is 20.5 Å². The van der Waals surface area contributed by atoms with Crippen molar-refractivity contribution in [2.75, 3.05) is 6.61 Å². The van der Waals surface area contributed by atoms with Crippen LogP contribution in [0.5, 0.6) is 0 Å². The van der Waals surface area contributed by atoms with Gasteiger partial charge in [0.05, 0.1) is 0 Å². The molecule has 0 radical (unpaired) electrons. The van der Waals surface area contributed by atoms with Crippen LogP contribution in [0.4, 0.5) is 4.79 Å². The molecule has 0 spiro atoms. The van der Waals surface area contributed by atoms with Gasteiger partial charge >= 0.3 is 12.1 Å². The number of ether oxygens (including phenoxy) is 2. The summed E-state index contributed by atoms with van der Waals surface area (Å²) in [4.78, 5) is 39.6. The third-order valence-corrected chi connectivity index (χ3v) is 3.46. The van der Waals surface area contributed by atoms with Crippen molar-refractivity contribution >= 4 is 23.6 Å². The SMILES string of the molecule is CC(C)(C)OC(=O)N[C@@H](Cc1ccc2nc(C(N)=O)cn2c1)C(=O)OCC#N. The van der Waals surface area contributed by atoms with Gasteiger partial charge in [-0.25, -0.2) is 14.6 Å². The predicted molar refractivity (Wildman–Crippen MR) is 97.1 cm³/mol. The van der Waals surface area contributed by atoms with Crippen LogP contribution in [0.15, 0.2) is 24.5 Å².